The summed E-state index contributed by atoms with van der Waals surface area (Å²) in [6, 6.07) is 1.95. The number of hydrogen-bond acceptors (Lipinski definition) is 4. The number of rotatable bonds is 5. The van der Waals surface area contributed by atoms with E-state index >= 15 is 0 Å². The normalized spacial score (nSPS) is 13.3. The van der Waals surface area contributed by atoms with Crippen LogP contribution in [0.25, 0.3) is 0 Å². The fraction of sp³-hybridized carbons (Fsp3) is 0.455. The molecule has 0 amide bonds. The first-order valence-electron chi connectivity index (χ1n) is 5.53. The number of non-ortho nitro benzene ring substituents is 1. The van der Waals surface area contributed by atoms with Crippen molar-refractivity contribution in [3.63, 3.8) is 0 Å². The maximum atomic E-state index is 12.2. The molecular weight excluding hydrogens is 292 g/mol. The molecule has 0 aromatic heterocycles. The van der Waals surface area contributed by atoms with Gasteiger partial charge in [0.05, 0.1) is 9.82 Å². The first-order chi connectivity index (χ1) is 8.69. The molecule has 0 heterocycles. The summed E-state index contributed by atoms with van der Waals surface area (Å²) in [4.78, 5) is 10.1. The van der Waals surface area contributed by atoms with E-state index in [9.17, 15) is 18.5 Å². The van der Waals surface area contributed by atoms with E-state index in [1.807, 2.05) is 0 Å². The van der Waals surface area contributed by atoms with E-state index in [1.54, 1.807) is 20.8 Å². The molecular formula is C11H15ClN2O4S. The molecule has 1 rings (SSSR count). The van der Waals surface area contributed by atoms with E-state index in [1.165, 1.54) is 6.07 Å². The molecule has 0 saturated heterocycles. The minimum absolute atomic E-state index is 0.0869. The standard InChI is InChI=1S/C11H15ClN2O4S/c1-7-4-10(14(15)16)5-11(9(7)3)19(17,18)13-8(2)6-12/h4-5,8,13H,6H2,1-3H3. The van der Waals surface area contributed by atoms with Crippen molar-refractivity contribution in [3.05, 3.63) is 33.4 Å². The molecule has 106 valence electrons. The first-order valence-corrected chi connectivity index (χ1v) is 7.54. The second-order valence-corrected chi connectivity index (χ2v) is 6.31. The molecule has 0 fully saturated rings. The third kappa shape index (κ3) is 3.65. The Morgan fingerprint density at radius 1 is 1.42 bits per heavy atom. The lowest BCUT2D eigenvalue weighted by atomic mass is 10.1. The van der Waals surface area contributed by atoms with Gasteiger partial charge in [-0.2, -0.15) is 0 Å². The lowest BCUT2D eigenvalue weighted by molar-refractivity contribution is -0.385. The van der Waals surface area contributed by atoms with Crippen LogP contribution in [0.3, 0.4) is 0 Å². The lowest BCUT2D eigenvalue weighted by Crippen LogP contribution is -2.34. The van der Waals surface area contributed by atoms with E-state index < -0.39 is 21.0 Å². The molecule has 19 heavy (non-hydrogen) atoms. The van der Waals surface area contributed by atoms with Gasteiger partial charge in [-0.25, -0.2) is 13.1 Å². The maximum absolute atomic E-state index is 12.2. The monoisotopic (exact) mass is 306 g/mol. The highest BCUT2D eigenvalue weighted by molar-refractivity contribution is 7.89. The molecule has 0 saturated carbocycles. The van der Waals surface area contributed by atoms with Gasteiger partial charge in [0.1, 0.15) is 0 Å². The second-order valence-electron chi connectivity index (χ2n) is 4.32. The van der Waals surface area contributed by atoms with Gasteiger partial charge >= 0.3 is 0 Å². The molecule has 1 aromatic carbocycles. The number of benzene rings is 1. The number of nitrogens with one attached hydrogen (secondary N) is 1. The number of nitro groups is 1. The quantitative estimate of drug-likeness (QED) is 0.512. The molecule has 1 aromatic rings. The average Bonchev–Trinajstić information content (AvgIpc) is 2.31. The predicted octanol–water partition coefficient (Wildman–Crippen LogP) is 2.12. The Kier molecular flexibility index (Phi) is 4.89. The van der Waals surface area contributed by atoms with Crippen molar-refractivity contribution >= 4 is 27.3 Å². The molecule has 0 spiro atoms. The van der Waals surface area contributed by atoms with E-state index in [2.05, 4.69) is 4.72 Å². The van der Waals surface area contributed by atoms with Crippen LogP contribution >= 0.6 is 11.6 Å². The number of halogens is 1. The van der Waals surface area contributed by atoms with Crippen LogP contribution in [0.5, 0.6) is 0 Å². The number of nitrogens with zero attached hydrogens (tertiary/aromatic N) is 1. The van der Waals surface area contributed by atoms with Crippen molar-refractivity contribution in [2.45, 2.75) is 31.7 Å². The Labute approximate surface area is 117 Å². The summed E-state index contributed by atoms with van der Waals surface area (Å²) >= 11 is 5.56. The third-order valence-electron chi connectivity index (χ3n) is 2.69. The first kappa shape index (κ1) is 15.9. The Balaban J connectivity index is 3.37. The molecule has 0 radical (unpaired) electrons. The van der Waals surface area contributed by atoms with Gasteiger partial charge in [-0.3, -0.25) is 10.1 Å². The van der Waals surface area contributed by atoms with Crippen molar-refractivity contribution in [1.82, 2.24) is 4.72 Å². The topological polar surface area (TPSA) is 89.3 Å². The zero-order chi connectivity index (χ0) is 14.8. The van der Waals surface area contributed by atoms with Gasteiger partial charge in [0, 0.05) is 24.1 Å². The summed E-state index contributed by atoms with van der Waals surface area (Å²) in [5.74, 6) is 0.117. The van der Waals surface area contributed by atoms with Crippen molar-refractivity contribution in [2.24, 2.45) is 0 Å². The molecule has 1 atom stereocenters. The van der Waals surface area contributed by atoms with Crippen LogP contribution in [0.1, 0.15) is 18.1 Å². The molecule has 0 bridgehead atoms. The zero-order valence-corrected chi connectivity index (χ0v) is 12.4. The largest absolute Gasteiger partial charge is 0.271 e. The van der Waals surface area contributed by atoms with E-state index in [0.29, 0.717) is 11.1 Å². The number of hydrogen-bond donors (Lipinski definition) is 1. The fourth-order valence-electron chi connectivity index (χ4n) is 1.55. The number of sulfonamides is 1. The predicted molar refractivity (Wildman–Crippen MR) is 73.1 cm³/mol. The summed E-state index contributed by atoms with van der Waals surface area (Å²) in [6.45, 7) is 4.86. The molecule has 0 aliphatic rings. The van der Waals surface area contributed by atoms with E-state index in [-0.39, 0.29) is 16.5 Å². The molecule has 0 aliphatic carbocycles. The summed E-state index contributed by atoms with van der Waals surface area (Å²) in [6.07, 6.45) is 0. The van der Waals surface area contributed by atoms with Crippen LogP contribution < -0.4 is 4.72 Å². The number of aryl methyl sites for hydroxylation is 1. The van der Waals surface area contributed by atoms with Crippen LogP contribution in [0.15, 0.2) is 17.0 Å². The van der Waals surface area contributed by atoms with Gasteiger partial charge in [-0.1, -0.05) is 0 Å². The Hall–Kier alpha value is -1.18. The molecule has 0 aliphatic heterocycles. The second kappa shape index (κ2) is 5.85. The highest BCUT2D eigenvalue weighted by Crippen LogP contribution is 2.25. The van der Waals surface area contributed by atoms with Crippen LogP contribution in [0.4, 0.5) is 5.69 Å². The van der Waals surface area contributed by atoms with Crippen LogP contribution in [-0.2, 0) is 10.0 Å². The summed E-state index contributed by atoms with van der Waals surface area (Å²) < 4.78 is 26.7. The van der Waals surface area contributed by atoms with Gasteiger partial charge in [0.2, 0.25) is 10.0 Å². The van der Waals surface area contributed by atoms with Crippen LogP contribution in [0, 0.1) is 24.0 Å². The molecule has 6 nitrogen and oxygen atoms in total. The van der Waals surface area contributed by atoms with Gasteiger partial charge < -0.3 is 0 Å². The highest BCUT2D eigenvalue weighted by Gasteiger charge is 2.23. The highest BCUT2D eigenvalue weighted by atomic mass is 35.5. The van der Waals surface area contributed by atoms with E-state index in [4.69, 9.17) is 11.6 Å². The van der Waals surface area contributed by atoms with Gasteiger partial charge in [0.15, 0.2) is 0 Å². The van der Waals surface area contributed by atoms with Crippen LogP contribution in [-0.4, -0.2) is 25.3 Å². The van der Waals surface area contributed by atoms with Gasteiger partial charge in [-0.15, -0.1) is 11.6 Å². The SMILES string of the molecule is Cc1cc([N+](=O)[O-])cc(S(=O)(=O)NC(C)CCl)c1C. The Bertz CT molecular complexity index is 601. The van der Waals surface area contributed by atoms with Gasteiger partial charge in [-0.05, 0) is 31.9 Å². The summed E-state index contributed by atoms with van der Waals surface area (Å²) in [5.41, 5.74) is 0.787. The average molecular weight is 307 g/mol. The van der Waals surface area contributed by atoms with Crippen molar-refractivity contribution in [2.75, 3.05) is 5.88 Å². The van der Waals surface area contributed by atoms with E-state index in [0.717, 1.165) is 6.07 Å². The smallest absolute Gasteiger partial charge is 0.258 e. The maximum Gasteiger partial charge on any atom is 0.271 e. The minimum atomic E-state index is -3.82. The van der Waals surface area contributed by atoms with Crippen molar-refractivity contribution < 1.29 is 13.3 Å². The molecule has 1 N–H and O–H groups in total. The zero-order valence-electron chi connectivity index (χ0n) is 10.8. The number of nitro benzene ring substituents is 1. The number of alkyl halides is 1. The summed E-state index contributed by atoms with van der Waals surface area (Å²) in [5, 5.41) is 10.8. The Morgan fingerprint density at radius 3 is 2.47 bits per heavy atom. The molecule has 8 heteroatoms. The van der Waals surface area contributed by atoms with Crippen LogP contribution in [0.2, 0.25) is 0 Å². The minimum Gasteiger partial charge on any atom is -0.258 e. The molecule has 1 unspecified atom stereocenters. The fourth-order valence-corrected chi connectivity index (χ4v) is 3.30. The van der Waals surface area contributed by atoms with Gasteiger partial charge in [0.25, 0.3) is 5.69 Å². The summed E-state index contributed by atoms with van der Waals surface area (Å²) in [7, 11) is -3.82. The van der Waals surface area contributed by atoms with Crippen molar-refractivity contribution in [1.29, 1.82) is 0 Å². The lowest BCUT2D eigenvalue weighted by Gasteiger charge is -2.14. The Morgan fingerprint density at radius 2 is 2.00 bits per heavy atom. The van der Waals surface area contributed by atoms with Crippen molar-refractivity contribution in [3.8, 4) is 0 Å². The third-order valence-corrected chi connectivity index (χ3v) is 4.87.